The fraction of sp³-hybridized carbons (Fsp3) is 0.292. The molecule has 0 amide bonds. The van der Waals surface area contributed by atoms with Crippen LogP contribution < -0.4 is 4.74 Å². The lowest BCUT2D eigenvalue weighted by Gasteiger charge is -2.38. The summed E-state index contributed by atoms with van der Waals surface area (Å²) in [6.07, 6.45) is -0.740. The summed E-state index contributed by atoms with van der Waals surface area (Å²) in [5.41, 5.74) is 2.79. The highest BCUT2D eigenvalue weighted by Crippen LogP contribution is 2.35. The maximum Gasteiger partial charge on any atom is 0.416 e. The molecule has 31 heavy (non-hydrogen) atoms. The Morgan fingerprint density at radius 3 is 2.55 bits per heavy atom. The maximum atomic E-state index is 12.7. The number of hydrogen-bond acceptors (Lipinski definition) is 4. The van der Waals surface area contributed by atoms with E-state index in [1.807, 2.05) is 30.5 Å². The van der Waals surface area contributed by atoms with Crippen LogP contribution in [-0.2, 0) is 12.6 Å². The lowest BCUT2D eigenvalue weighted by atomic mass is 9.88. The minimum Gasteiger partial charge on any atom is -0.491 e. The second-order valence-electron chi connectivity index (χ2n) is 7.62. The van der Waals surface area contributed by atoms with Gasteiger partial charge in [0.05, 0.1) is 11.6 Å². The molecule has 0 aliphatic carbocycles. The number of ether oxygens (including phenoxy) is 1. The van der Waals surface area contributed by atoms with E-state index in [0.29, 0.717) is 12.3 Å². The number of pyridine rings is 1. The third-order valence-electron chi connectivity index (χ3n) is 5.45. The number of halogens is 3. The molecule has 1 N–H and O–H groups in total. The molecule has 1 unspecified atom stereocenters. The first-order valence-electron chi connectivity index (χ1n) is 10.1. The van der Waals surface area contributed by atoms with E-state index < -0.39 is 17.8 Å². The highest BCUT2D eigenvalue weighted by molar-refractivity contribution is 5.39. The molecule has 2 aromatic carbocycles. The van der Waals surface area contributed by atoms with Crippen LogP contribution in [0.4, 0.5) is 13.2 Å². The Morgan fingerprint density at radius 1 is 1.06 bits per heavy atom. The molecule has 4 rings (SSSR count). The van der Waals surface area contributed by atoms with Crippen molar-refractivity contribution in [1.29, 1.82) is 0 Å². The number of aliphatic hydroxyl groups is 1. The number of aliphatic hydroxyl groups excluding tert-OH is 1. The number of aromatic nitrogens is 1. The van der Waals surface area contributed by atoms with Gasteiger partial charge in [-0.3, -0.25) is 9.88 Å². The van der Waals surface area contributed by atoms with Gasteiger partial charge < -0.3 is 9.84 Å². The molecule has 7 heteroatoms. The lowest BCUT2D eigenvalue weighted by Crippen LogP contribution is -2.42. The van der Waals surface area contributed by atoms with Crippen LogP contribution in [0, 0.1) is 0 Å². The Bertz CT molecular complexity index is 994. The molecule has 0 spiro atoms. The molecule has 3 aromatic rings. The number of benzene rings is 2. The fourth-order valence-electron chi connectivity index (χ4n) is 4.00. The van der Waals surface area contributed by atoms with Crippen molar-refractivity contribution < 1.29 is 23.0 Å². The molecule has 1 aromatic heterocycles. The smallest absolute Gasteiger partial charge is 0.416 e. The third-order valence-corrected chi connectivity index (χ3v) is 5.45. The molecule has 0 bridgehead atoms. The van der Waals surface area contributed by atoms with E-state index in [-0.39, 0.29) is 12.6 Å². The van der Waals surface area contributed by atoms with Crippen LogP contribution in [0.25, 0.3) is 0 Å². The van der Waals surface area contributed by atoms with Crippen LogP contribution in [0.3, 0.4) is 0 Å². The average Bonchev–Trinajstić information content (AvgIpc) is 2.78. The van der Waals surface area contributed by atoms with E-state index in [1.165, 1.54) is 23.3 Å². The number of fused-ring (bicyclic) bond motifs is 1. The zero-order valence-electron chi connectivity index (χ0n) is 16.8. The number of alkyl halides is 3. The minimum absolute atomic E-state index is 0.0106. The van der Waals surface area contributed by atoms with Gasteiger partial charge >= 0.3 is 6.18 Å². The van der Waals surface area contributed by atoms with Gasteiger partial charge in [-0.05, 0) is 53.4 Å². The van der Waals surface area contributed by atoms with Gasteiger partial charge in [0.15, 0.2) is 0 Å². The second-order valence-corrected chi connectivity index (χ2v) is 7.62. The molecule has 0 saturated heterocycles. The van der Waals surface area contributed by atoms with Crippen molar-refractivity contribution in [2.24, 2.45) is 0 Å². The van der Waals surface area contributed by atoms with Crippen molar-refractivity contribution in [2.75, 3.05) is 19.7 Å². The van der Waals surface area contributed by atoms with E-state index in [9.17, 15) is 18.3 Å². The van der Waals surface area contributed by atoms with Crippen molar-refractivity contribution in [3.05, 3.63) is 95.3 Å². The molecular weight excluding hydrogens is 405 g/mol. The van der Waals surface area contributed by atoms with Crippen molar-refractivity contribution in [3.63, 3.8) is 0 Å². The predicted octanol–water partition coefficient (Wildman–Crippen LogP) is 4.49. The number of rotatable bonds is 6. The molecule has 162 valence electrons. The van der Waals surface area contributed by atoms with Crippen molar-refractivity contribution in [3.8, 4) is 5.75 Å². The summed E-state index contributed by atoms with van der Waals surface area (Å²) in [6, 6.07) is 16.6. The van der Waals surface area contributed by atoms with E-state index in [1.54, 1.807) is 6.20 Å². The zero-order chi connectivity index (χ0) is 21.8. The largest absolute Gasteiger partial charge is 0.491 e. The first-order chi connectivity index (χ1) is 14.9. The first-order valence-corrected chi connectivity index (χ1v) is 10.1. The summed E-state index contributed by atoms with van der Waals surface area (Å²) in [4.78, 5) is 6.45. The monoisotopic (exact) mass is 428 g/mol. The summed E-state index contributed by atoms with van der Waals surface area (Å²) in [7, 11) is 0. The Kier molecular flexibility index (Phi) is 6.25. The number of hydrogen-bond donors (Lipinski definition) is 1. The van der Waals surface area contributed by atoms with Gasteiger partial charge in [0.2, 0.25) is 0 Å². The second kappa shape index (κ2) is 9.08. The lowest BCUT2D eigenvalue weighted by molar-refractivity contribution is -0.137. The first kappa shape index (κ1) is 21.3. The van der Waals surface area contributed by atoms with Crippen molar-refractivity contribution in [1.82, 2.24) is 9.88 Å². The molecule has 0 radical (unpaired) electrons. The summed E-state index contributed by atoms with van der Waals surface area (Å²) >= 11 is 0. The average molecular weight is 428 g/mol. The third kappa shape index (κ3) is 5.06. The molecule has 2 heterocycles. The fourth-order valence-corrected chi connectivity index (χ4v) is 4.00. The van der Waals surface area contributed by atoms with Crippen LogP contribution >= 0.6 is 0 Å². The van der Waals surface area contributed by atoms with Crippen LogP contribution in [0.1, 0.15) is 28.3 Å². The van der Waals surface area contributed by atoms with Gasteiger partial charge in [-0.1, -0.05) is 30.3 Å². The molecule has 0 fully saturated rings. The van der Waals surface area contributed by atoms with Crippen molar-refractivity contribution in [2.45, 2.75) is 24.7 Å². The molecule has 0 saturated carbocycles. The minimum atomic E-state index is -4.39. The zero-order valence-corrected chi connectivity index (χ0v) is 16.8. The standard InChI is InChI=1S/C24H23F3N2O2/c25-24(26,27)19-7-9-21(10-8-19)31-16-20(30)15-29-13-11-17-4-1-2-6-22(17)23(29)18-5-3-12-28-14-18/h1-10,12,14,20,23,30H,11,13,15-16H2/t20?,23-/m0/s1. The molecule has 2 atom stereocenters. The van der Waals surface area contributed by atoms with Crippen LogP contribution in [0.5, 0.6) is 5.75 Å². The summed E-state index contributed by atoms with van der Waals surface area (Å²) in [5.74, 6) is 0.292. The van der Waals surface area contributed by atoms with Gasteiger partial charge in [0.1, 0.15) is 18.5 Å². The van der Waals surface area contributed by atoms with Crippen molar-refractivity contribution >= 4 is 0 Å². The highest BCUT2D eigenvalue weighted by Gasteiger charge is 2.31. The Balaban J connectivity index is 1.44. The normalized spacial score (nSPS) is 17.7. The van der Waals surface area contributed by atoms with Crippen LogP contribution in [-0.4, -0.2) is 40.8 Å². The van der Waals surface area contributed by atoms with E-state index in [0.717, 1.165) is 30.7 Å². The molecule has 1 aliphatic heterocycles. The van der Waals surface area contributed by atoms with Gasteiger partial charge in [-0.2, -0.15) is 13.2 Å². The Hall–Kier alpha value is -2.90. The highest BCUT2D eigenvalue weighted by atomic mass is 19.4. The van der Waals surface area contributed by atoms with Gasteiger partial charge in [0.25, 0.3) is 0 Å². The van der Waals surface area contributed by atoms with E-state index in [2.05, 4.69) is 22.0 Å². The van der Waals surface area contributed by atoms with Crippen LogP contribution in [0.2, 0.25) is 0 Å². The van der Waals surface area contributed by atoms with Crippen LogP contribution in [0.15, 0.2) is 73.1 Å². The summed E-state index contributed by atoms with van der Waals surface area (Å²) in [6.45, 7) is 1.13. The SMILES string of the molecule is OC(COc1ccc(C(F)(F)F)cc1)CN1CCc2ccccc2[C@@H]1c1cccnc1. The summed E-state index contributed by atoms with van der Waals surface area (Å²) < 4.78 is 43.6. The van der Waals surface area contributed by atoms with Gasteiger partial charge in [0, 0.05) is 25.5 Å². The van der Waals surface area contributed by atoms with Gasteiger partial charge in [-0.25, -0.2) is 0 Å². The topological polar surface area (TPSA) is 45.6 Å². The van der Waals surface area contributed by atoms with E-state index >= 15 is 0 Å². The summed E-state index contributed by atoms with van der Waals surface area (Å²) in [5, 5.41) is 10.6. The predicted molar refractivity (Wildman–Crippen MR) is 111 cm³/mol. The van der Waals surface area contributed by atoms with E-state index in [4.69, 9.17) is 4.74 Å². The maximum absolute atomic E-state index is 12.7. The quantitative estimate of drug-likeness (QED) is 0.629. The Morgan fingerprint density at radius 2 is 1.84 bits per heavy atom. The molecule has 1 aliphatic rings. The van der Waals surface area contributed by atoms with Gasteiger partial charge in [-0.15, -0.1) is 0 Å². The number of β-amino-alcohol motifs (C(OH)–C–C–N with tert-alkyl or cyclic N) is 1. The number of nitrogens with zero attached hydrogens (tertiary/aromatic N) is 2. The Labute approximate surface area is 178 Å². The molecular formula is C24H23F3N2O2. The molecule has 4 nitrogen and oxygen atoms in total.